The highest BCUT2D eigenvalue weighted by Gasteiger charge is 2.04. The van der Waals surface area contributed by atoms with Gasteiger partial charge in [-0.25, -0.2) is 0 Å². The van der Waals surface area contributed by atoms with Crippen molar-refractivity contribution < 1.29 is 6.48 Å². The second-order valence-corrected chi connectivity index (χ2v) is 3.28. The smallest absolute Gasteiger partial charge is 0.0542 e. The standard InChI is InChI=1S/C9H20O/c1-4-5-6-9(10)7-8(2)3/h8-10H,4-7H2,1-3H3/i1D. The molecule has 0 aromatic carbocycles. The van der Waals surface area contributed by atoms with Gasteiger partial charge >= 0.3 is 0 Å². The molecule has 1 heteroatoms. The molecule has 0 spiro atoms. The Morgan fingerprint density at radius 1 is 1.50 bits per heavy atom. The van der Waals surface area contributed by atoms with E-state index in [0.29, 0.717) is 12.8 Å². The topological polar surface area (TPSA) is 20.2 Å². The predicted molar refractivity (Wildman–Crippen MR) is 45.0 cm³/mol. The maximum Gasteiger partial charge on any atom is 0.0542 e. The molecular formula is C9H20O. The molecule has 0 saturated heterocycles. The molecule has 0 radical (unpaired) electrons. The van der Waals surface area contributed by atoms with Gasteiger partial charge in [-0.15, -0.1) is 0 Å². The minimum Gasteiger partial charge on any atom is -0.393 e. The highest BCUT2D eigenvalue weighted by Crippen LogP contribution is 2.09. The Morgan fingerprint density at radius 2 is 2.20 bits per heavy atom. The normalized spacial score (nSPS) is 15.4. The van der Waals surface area contributed by atoms with Crippen molar-refractivity contribution in [3.63, 3.8) is 0 Å². The average molecular weight is 145 g/mol. The van der Waals surface area contributed by atoms with E-state index < -0.39 is 0 Å². The Hall–Kier alpha value is -0.0400. The molecule has 0 amide bonds. The summed E-state index contributed by atoms with van der Waals surface area (Å²) >= 11 is 0. The fourth-order valence-corrected chi connectivity index (χ4v) is 1.04. The van der Waals surface area contributed by atoms with Crippen LogP contribution in [0.4, 0.5) is 0 Å². The minimum atomic E-state index is -0.137. The molecule has 1 unspecified atom stereocenters. The predicted octanol–water partition coefficient (Wildman–Crippen LogP) is 2.58. The van der Waals surface area contributed by atoms with E-state index >= 15 is 0 Å². The van der Waals surface area contributed by atoms with Crippen LogP contribution < -0.4 is 0 Å². The summed E-state index contributed by atoms with van der Waals surface area (Å²) in [7, 11) is 0. The van der Waals surface area contributed by atoms with E-state index in [1.165, 1.54) is 0 Å². The second-order valence-electron chi connectivity index (χ2n) is 3.28. The Labute approximate surface area is 65.9 Å². The Morgan fingerprint density at radius 3 is 2.70 bits per heavy atom. The SMILES string of the molecule is [2H]CCCCC(O)CC(C)C. The molecular weight excluding hydrogens is 124 g/mol. The van der Waals surface area contributed by atoms with Crippen molar-refractivity contribution in [3.8, 4) is 0 Å². The summed E-state index contributed by atoms with van der Waals surface area (Å²) in [5, 5.41) is 9.38. The van der Waals surface area contributed by atoms with E-state index in [-0.39, 0.29) is 6.10 Å². The Kier molecular flexibility index (Phi) is 4.61. The molecule has 0 aliphatic heterocycles. The molecule has 0 saturated carbocycles. The summed E-state index contributed by atoms with van der Waals surface area (Å²) in [6, 6.07) is 0. The summed E-state index contributed by atoms with van der Waals surface area (Å²) in [6.07, 6.45) is 3.56. The fourth-order valence-electron chi connectivity index (χ4n) is 1.04. The monoisotopic (exact) mass is 145 g/mol. The van der Waals surface area contributed by atoms with Gasteiger partial charge in [-0.05, 0) is 18.8 Å². The summed E-state index contributed by atoms with van der Waals surface area (Å²) in [5.41, 5.74) is 0. The zero-order valence-corrected chi connectivity index (χ0v) is 7.14. The van der Waals surface area contributed by atoms with Gasteiger partial charge in [0.15, 0.2) is 0 Å². The van der Waals surface area contributed by atoms with Crippen molar-refractivity contribution in [2.24, 2.45) is 5.92 Å². The van der Waals surface area contributed by atoms with Crippen LogP contribution in [-0.2, 0) is 0 Å². The summed E-state index contributed by atoms with van der Waals surface area (Å²) in [4.78, 5) is 0. The van der Waals surface area contributed by atoms with Crippen molar-refractivity contribution in [1.29, 1.82) is 0 Å². The first-order valence-electron chi connectivity index (χ1n) is 4.84. The van der Waals surface area contributed by atoms with Gasteiger partial charge in [0.2, 0.25) is 0 Å². The first kappa shape index (κ1) is 8.06. The van der Waals surface area contributed by atoms with E-state index in [2.05, 4.69) is 13.8 Å². The maximum absolute atomic E-state index is 9.38. The van der Waals surface area contributed by atoms with Gasteiger partial charge in [0.25, 0.3) is 0 Å². The van der Waals surface area contributed by atoms with Gasteiger partial charge in [-0.1, -0.05) is 33.6 Å². The lowest BCUT2D eigenvalue weighted by atomic mass is 10.0. The van der Waals surface area contributed by atoms with Crippen LogP contribution in [0.2, 0.25) is 0 Å². The molecule has 0 bridgehead atoms. The number of aliphatic hydroxyl groups excluding tert-OH is 1. The van der Waals surface area contributed by atoms with Crippen LogP contribution >= 0.6 is 0 Å². The van der Waals surface area contributed by atoms with E-state index in [9.17, 15) is 5.11 Å². The number of hydrogen-bond acceptors (Lipinski definition) is 1. The molecule has 1 atom stereocenters. The molecule has 0 rings (SSSR count). The van der Waals surface area contributed by atoms with Crippen LogP contribution in [0.3, 0.4) is 0 Å². The number of unbranched alkanes of at least 4 members (excludes halogenated alkanes) is 1. The lowest BCUT2D eigenvalue weighted by molar-refractivity contribution is 0.136. The molecule has 0 aliphatic rings. The average Bonchev–Trinajstić information content (AvgIpc) is 1.86. The van der Waals surface area contributed by atoms with E-state index in [1.807, 2.05) is 0 Å². The molecule has 62 valence electrons. The van der Waals surface area contributed by atoms with Gasteiger partial charge in [-0.2, -0.15) is 0 Å². The van der Waals surface area contributed by atoms with Gasteiger partial charge in [0.1, 0.15) is 0 Å². The summed E-state index contributed by atoms with van der Waals surface area (Å²) in [6.45, 7) is 4.73. The van der Waals surface area contributed by atoms with Gasteiger partial charge in [-0.3, -0.25) is 0 Å². The Bertz CT molecular complexity index is 83.6. The van der Waals surface area contributed by atoms with Crippen LogP contribution in [0, 0.1) is 5.92 Å². The minimum absolute atomic E-state index is 0.137. The van der Waals surface area contributed by atoms with Crippen molar-refractivity contribution in [2.45, 2.75) is 52.5 Å². The van der Waals surface area contributed by atoms with Crippen LogP contribution in [0.1, 0.15) is 47.8 Å². The van der Waals surface area contributed by atoms with Crippen molar-refractivity contribution in [2.75, 3.05) is 0 Å². The number of hydrogen-bond donors (Lipinski definition) is 1. The number of aliphatic hydroxyl groups is 1. The highest BCUT2D eigenvalue weighted by molar-refractivity contribution is 4.57. The van der Waals surface area contributed by atoms with Gasteiger partial charge in [0, 0.05) is 1.37 Å². The van der Waals surface area contributed by atoms with Gasteiger partial charge in [0.05, 0.1) is 6.10 Å². The van der Waals surface area contributed by atoms with Crippen molar-refractivity contribution >= 4 is 0 Å². The number of rotatable bonds is 5. The van der Waals surface area contributed by atoms with Gasteiger partial charge < -0.3 is 5.11 Å². The quantitative estimate of drug-likeness (QED) is 0.589. The van der Waals surface area contributed by atoms with Crippen LogP contribution in [-0.4, -0.2) is 11.2 Å². The largest absolute Gasteiger partial charge is 0.393 e. The molecule has 10 heavy (non-hydrogen) atoms. The fraction of sp³-hybridized carbons (Fsp3) is 1.00. The molecule has 0 aromatic rings. The lowest BCUT2D eigenvalue weighted by Gasteiger charge is -2.11. The zero-order chi connectivity index (χ0) is 8.69. The van der Waals surface area contributed by atoms with E-state index in [0.717, 1.165) is 25.7 Å². The third-order valence-electron chi connectivity index (χ3n) is 1.53. The molecule has 0 heterocycles. The van der Waals surface area contributed by atoms with Crippen molar-refractivity contribution in [3.05, 3.63) is 0 Å². The molecule has 1 nitrogen and oxygen atoms in total. The van der Waals surface area contributed by atoms with Crippen molar-refractivity contribution in [1.82, 2.24) is 0 Å². The molecule has 0 aromatic heterocycles. The summed E-state index contributed by atoms with van der Waals surface area (Å²) in [5.74, 6) is 0.584. The summed E-state index contributed by atoms with van der Waals surface area (Å²) < 4.78 is 6.91. The van der Waals surface area contributed by atoms with E-state index in [4.69, 9.17) is 1.37 Å². The molecule has 1 N–H and O–H groups in total. The molecule has 0 aliphatic carbocycles. The zero-order valence-electron chi connectivity index (χ0n) is 8.14. The van der Waals surface area contributed by atoms with Crippen LogP contribution in [0.5, 0.6) is 0 Å². The maximum atomic E-state index is 9.38. The highest BCUT2D eigenvalue weighted by atomic mass is 16.3. The third-order valence-corrected chi connectivity index (χ3v) is 1.53. The Balaban J connectivity index is 3.15. The van der Waals surface area contributed by atoms with Crippen LogP contribution in [0.15, 0.2) is 0 Å². The molecule has 0 fully saturated rings. The second kappa shape index (κ2) is 5.72. The first-order valence-corrected chi connectivity index (χ1v) is 4.14. The first-order chi connectivity index (χ1) is 5.16. The lowest BCUT2D eigenvalue weighted by Crippen LogP contribution is -2.09. The van der Waals surface area contributed by atoms with Crippen LogP contribution in [0.25, 0.3) is 0 Å². The third kappa shape index (κ3) is 6.09. The van der Waals surface area contributed by atoms with E-state index in [1.54, 1.807) is 0 Å².